The van der Waals surface area contributed by atoms with Gasteiger partial charge in [-0.25, -0.2) is 4.39 Å². The van der Waals surface area contributed by atoms with E-state index in [0.29, 0.717) is 18.8 Å². The first-order valence-corrected chi connectivity index (χ1v) is 9.58. The van der Waals surface area contributed by atoms with E-state index in [-0.39, 0.29) is 5.89 Å². The van der Waals surface area contributed by atoms with Gasteiger partial charge in [0.2, 0.25) is 11.5 Å². The molecule has 0 N–H and O–H groups in total. The summed E-state index contributed by atoms with van der Waals surface area (Å²) in [5.41, 5.74) is 0.599. The molecule has 1 fully saturated rings. The summed E-state index contributed by atoms with van der Waals surface area (Å²) in [7, 11) is 0. The van der Waals surface area contributed by atoms with Gasteiger partial charge in [0.25, 0.3) is 5.89 Å². The molecule has 1 saturated heterocycles. The summed E-state index contributed by atoms with van der Waals surface area (Å²) in [6, 6.07) is 20.0. The van der Waals surface area contributed by atoms with E-state index in [1.807, 2.05) is 36.4 Å². The van der Waals surface area contributed by atoms with Crippen molar-refractivity contribution in [3.05, 3.63) is 72.1 Å². The molecule has 1 aliphatic rings. The van der Waals surface area contributed by atoms with Crippen molar-refractivity contribution in [2.45, 2.75) is 31.4 Å². The molecule has 5 heteroatoms. The Balaban J connectivity index is 1.38. The molecule has 4 nitrogen and oxygen atoms in total. The third kappa shape index (κ3) is 4.25. The van der Waals surface area contributed by atoms with E-state index in [2.05, 4.69) is 39.3 Å². The number of piperidine rings is 1. The number of rotatable bonds is 6. The summed E-state index contributed by atoms with van der Waals surface area (Å²) < 4.78 is 20.9. The van der Waals surface area contributed by atoms with Crippen LogP contribution < -0.4 is 0 Å². The van der Waals surface area contributed by atoms with Crippen LogP contribution in [0.1, 0.15) is 30.7 Å². The second-order valence-corrected chi connectivity index (χ2v) is 7.22. The average molecular weight is 365 g/mol. The number of likely N-dealkylation sites (tertiary alicyclic amines) is 1. The van der Waals surface area contributed by atoms with Gasteiger partial charge in [-0.15, -0.1) is 0 Å². The Morgan fingerprint density at radius 1 is 1.04 bits per heavy atom. The molecule has 0 spiro atoms. The minimum atomic E-state index is -1.56. The Kier molecular flexibility index (Phi) is 5.30. The fraction of sp³-hybridized carbons (Fsp3) is 0.364. The smallest absolute Gasteiger partial charge is 0.265 e. The van der Waals surface area contributed by atoms with Crippen LogP contribution in [0.5, 0.6) is 0 Å². The van der Waals surface area contributed by atoms with Crippen LogP contribution in [0, 0.1) is 0 Å². The van der Waals surface area contributed by atoms with Gasteiger partial charge in [-0.2, -0.15) is 4.98 Å². The lowest BCUT2D eigenvalue weighted by molar-refractivity contribution is 0.0154. The fourth-order valence-corrected chi connectivity index (χ4v) is 3.72. The Labute approximate surface area is 159 Å². The van der Waals surface area contributed by atoms with Crippen molar-refractivity contribution in [3.63, 3.8) is 0 Å². The third-order valence-corrected chi connectivity index (χ3v) is 5.15. The highest BCUT2D eigenvalue weighted by Gasteiger charge is 2.42. The number of hydrogen-bond acceptors (Lipinski definition) is 4. The highest BCUT2D eigenvalue weighted by atomic mass is 19.1. The van der Waals surface area contributed by atoms with E-state index in [1.165, 1.54) is 5.56 Å². The first-order valence-electron chi connectivity index (χ1n) is 9.58. The van der Waals surface area contributed by atoms with E-state index >= 15 is 4.39 Å². The number of benzene rings is 2. The Morgan fingerprint density at radius 3 is 2.56 bits per heavy atom. The van der Waals surface area contributed by atoms with Crippen LogP contribution in [0.15, 0.2) is 65.2 Å². The summed E-state index contributed by atoms with van der Waals surface area (Å²) in [5.74, 6) is 0.554. The van der Waals surface area contributed by atoms with Gasteiger partial charge < -0.3 is 4.52 Å². The quantitative estimate of drug-likeness (QED) is 0.639. The normalized spacial score (nSPS) is 20.6. The first kappa shape index (κ1) is 17.9. The molecule has 140 valence electrons. The van der Waals surface area contributed by atoms with Gasteiger partial charge >= 0.3 is 0 Å². The van der Waals surface area contributed by atoms with Crippen molar-refractivity contribution in [1.82, 2.24) is 15.0 Å². The number of aryl methyl sites for hydroxylation is 1. The molecule has 1 unspecified atom stereocenters. The van der Waals surface area contributed by atoms with Crippen molar-refractivity contribution in [2.24, 2.45) is 0 Å². The highest BCUT2D eigenvalue weighted by Crippen LogP contribution is 2.35. The summed E-state index contributed by atoms with van der Waals surface area (Å²) in [6.45, 7) is 2.11. The Morgan fingerprint density at radius 2 is 1.78 bits per heavy atom. The van der Waals surface area contributed by atoms with Gasteiger partial charge in [-0.3, -0.25) is 4.90 Å². The zero-order chi connectivity index (χ0) is 18.5. The van der Waals surface area contributed by atoms with Crippen LogP contribution in [0.4, 0.5) is 4.39 Å². The second kappa shape index (κ2) is 8.01. The number of aromatic nitrogens is 2. The van der Waals surface area contributed by atoms with Crippen LogP contribution in [0.25, 0.3) is 11.4 Å². The topological polar surface area (TPSA) is 42.2 Å². The first-order chi connectivity index (χ1) is 13.2. The highest BCUT2D eigenvalue weighted by molar-refractivity contribution is 5.53. The van der Waals surface area contributed by atoms with E-state index in [4.69, 9.17) is 4.52 Å². The molecule has 1 aliphatic heterocycles. The van der Waals surface area contributed by atoms with Gasteiger partial charge in [-0.05, 0) is 44.3 Å². The van der Waals surface area contributed by atoms with Crippen LogP contribution in [-0.2, 0) is 12.1 Å². The molecule has 3 aromatic rings. The third-order valence-electron chi connectivity index (χ3n) is 5.15. The van der Waals surface area contributed by atoms with Crippen molar-refractivity contribution in [2.75, 3.05) is 19.6 Å². The maximum absolute atomic E-state index is 15.6. The van der Waals surface area contributed by atoms with Crippen molar-refractivity contribution in [3.8, 4) is 11.4 Å². The van der Waals surface area contributed by atoms with Gasteiger partial charge in [0, 0.05) is 12.1 Å². The lowest BCUT2D eigenvalue weighted by atomic mass is 9.94. The maximum Gasteiger partial charge on any atom is 0.265 e. The number of halogens is 1. The van der Waals surface area contributed by atoms with E-state index in [1.54, 1.807) is 0 Å². The monoisotopic (exact) mass is 365 g/mol. The van der Waals surface area contributed by atoms with Crippen molar-refractivity contribution < 1.29 is 8.91 Å². The fourth-order valence-electron chi connectivity index (χ4n) is 3.72. The molecule has 2 aromatic carbocycles. The lowest BCUT2D eigenvalue weighted by Crippen LogP contribution is -2.44. The van der Waals surface area contributed by atoms with Gasteiger partial charge in [0.05, 0.1) is 0 Å². The van der Waals surface area contributed by atoms with E-state index < -0.39 is 5.67 Å². The van der Waals surface area contributed by atoms with Crippen molar-refractivity contribution in [1.29, 1.82) is 0 Å². The Hall–Kier alpha value is -2.53. The molecular weight excluding hydrogens is 341 g/mol. The molecule has 0 aliphatic carbocycles. The zero-order valence-electron chi connectivity index (χ0n) is 15.4. The standard InChI is InChI=1S/C22H24FN3O/c23-22(21-24-20(25-27-21)19-12-5-2-6-13-19)14-8-16-26(17-22)15-7-11-18-9-3-1-4-10-18/h1-6,9-10,12-13H,7-8,11,14-17H2. The average Bonchev–Trinajstić information content (AvgIpc) is 3.21. The van der Waals surface area contributed by atoms with Crippen LogP contribution in [0.3, 0.4) is 0 Å². The molecular formula is C22H24FN3O. The predicted molar refractivity (Wildman–Crippen MR) is 103 cm³/mol. The maximum atomic E-state index is 15.6. The number of nitrogens with zero attached hydrogens (tertiary/aromatic N) is 3. The Bertz CT molecular complexity index is 852. The minimum Gasteiger partial charge on any atom is -0.335 e. The lowest BCUT2D eigenvalue weighted by Gasteiger charge is -2.35. The molecule has 4 rings (SSSR count). The molecule has 0 bridgehead atoms. The summed E-state index contributed by atoms with van der Waals surface area (Å²) >= 11 is 0. The van der Waals surface area contributed by atoms with Crippen molar-refractivity contribution >= 4 is 0 Å². The molecule has 0 radical (unpaired) electrons. The van der Waals surface area contributed by atoms with Crippen LogP contribution in [-0.4, -0.2) is 34.7 Å². The molecule has 27 heavy (non-hydrogen) atoms. The van der Waals surface area contributed by atoms with Gasteiger partial charge in [-0.1, -0.05) is 65.8 Å². The minimum absolute atomic E-state index is 0.106. The molecule has 0 amide bonds. The summed E-state index contributed by atoms with van der Waals surface area (Å²) in [6.07, 6.45) is 3.25. The largest absolute Gasteiger partial charge is 0.335 e. The zero-order valence-corrected chi connectivity index (χ0v) is 15.4. The molecule has 1 atom stereocenters. The molecule has 1 aromatic heterocycles. The van der Waals surface area contributed by atoms with Crippen LogP contribution in [0.2, 0.25) is 0 Å². The second-order valence-electron chi connectivity index (χ2n) is 7.22. The SMILES string of the molecule is FC1(c2nc(-c3ccccc3)no2)CCCN(CCCc2ccccc2)C1. The molecule has 2 heterocycles. The van der Waals surface area contributed by atoms with Crippen LogP contribution >= 0.6 is 0 Å². The summed E-state index contributed by atoms with van der Waals surface area (Å²) in [4.78, 5) is 6.54. The van der Waals surface area contributed by atoms with E-state index in [0.717, 1.165) is 37.9 Å². The van der Waals surface area contributed by atoms with E-state index in [9.17, 15) is 0 Å². The number of alkyl halides is 1. The number of hydrogen-bond donors (Lipinski definition) is 0. The summed E-state index contributed by atoms with van der Waals surface area (Å²) in [5, 5.41) is 3.99. The predicted octanol–water partition coefficient (Wildman–Crippen LogP) is 4.63. The molecule has 0 saturated carbocycles. The van der Waals surface area contributed by atoms with Gasteiger partial charge in [0.1, 0.15) is 0 Å². The van der Waals surface area contributed by atoms with Gasteiger partial charge in [0.15, 0.2) is 0 Å².